The molecule has 0 saturated heterocycles. The first-order valence-electron chi connectivity index (χ1n) is 11.4. The lowest BCUT2D eigenvalue weighted by molar-refractivity contribution is -0.122. The molecule has 1 aromatic rings. The van der Waals surface area contributed by atoms with Gasteiger partial charge in [-0.25, -0.2) is 0 Å². The summed E-state index contributed by atoms with van der Waals surface area (Å²) in [6, 6.07) is 8.55. The summed E-state index contributed by atoms with van der Waals surface area (Å²) in [4.78, 5) is 27.7. The van der Waals surface area contributed by atoms with E-state index in [9.17, 15) is 9.59 Å². The van der Waals surface area contributed by atoms with Gasteiger partial charge in [-0.1, -0.05) is 56.7 Å². The number of benzene rings is 1. The Bertz CT molecular complexity index is 696. The van der Waals surface area contributed by atoms with E-state index in [1.54, 1.807) is 0 Å². The molecule has 3 aliphatic rings. The Morgan fingerprint density at radius 3 is 2.34 bits per heavy atom. The molecule has 2 fully saturated rings. The smallest absolute Gasteiger partial charge is 0.234 e. The number of carbonyl (C=O) groups is 2. The number of nitrogens with one attached hydrogen (secondary N) is 1. The van der Waals surface area contributed by atoms with Crippen LogP contribution in [0.15, 0.2) is 24.3 Å². The standard InChI is InChI=1S/C24H34N2O2.ClH/c27-23(25-19-11-5-2-6-12-19)16-15-21-20-13-7-8-14-22(20)26(24(21)28)17-18-9-3-1-4-10-18;/h7-8,13-14,18-19,21H,1-6,9-12,15-17H2,(H,25,27);1H. The highest BCUT2D eigenvalue weighted by atomic mass is 35.5. The number of fused-ring (bicyclic) bond motifs is 1. The van der Waals surface area contributed by atoms with Crippen LogP contribution in [0.5, 0.6) is 0 Å². The summed E-state index contributed by atoms with van der Waals surface area (Å²) in [6.07, 6.45) is 13.4. The molecule has 0 radical (unpaired) electrons. The molecule has 1 unspecified atom stereocenters. The second kappa shape index (κ2) is 10.5. The van der Waals surface area contributed by atoms with Crippen LogP contribution < -0.4 is 10.2 Å². The van der Waals surface area contributed by atoms with Crippen LogP contribution in [0, 0.1) is 5.92 Å². The molecule has 2 amide bonds. The van der Waals surface area contributed by atoms with Gasteiger partial charge < -0.3 is 10.2 Å². The Hall–Kier alpha value is -1.55. The summed E-state index contributed by atoms with van der Waals surface area (Å²) in [6.45, 7) is 0.848. The van der Waals surface area contributed by atoms with Gasteiger partial charge in [-0.15, -0.1) is 12.4 Å². The average molecular weight is 419 g/mol. The van der Waals surface area contributed by atoms with Gasteiger partial charge >= 0.3 is 0 Å². The minimum atomic E-state index is -0.156. The molecule has 2 saturated carbocycles. The summed E-state index contributed by atoms with van der Waals surface area (Å²) in [7, 11) is 0. The third-order valence-electron chi connectivity index (χ3n) is 6.96. The van der Waals surface area contributed by atoms with Crippen LogP contribution >= 0.6 is 12.4 Å². The predicted octanol–water partition coefficient (Wildman–Crippen LogP) is 5.35. The van der Waals surface area contributed by atoms with Crippen molar-refractivity contribution in [3.63, 3.8) is 0 Å². The van der Waals surface area contributed by atoms with Crippen LogP contribution in [0.25, 0.3) is 0 Å². The molecule has 1 atom stereocenters. The minimum Gasteiger partial charge on any atom is -0.353 e. The minimum absolute atomic E-state index is 0. The van der Waals surface area contributed by atoms with Crippen LogP contribution in [0.3, 0.4) is 0 Å². The molecule has 1 N–H and O–H groups in total. The highest BCUT2D eigenvalue weighted by molar-refractivity contribution is 6.05. The molecule has 1 aromatic carbocycles. The zero-order chi connectivity index (χ0) is 19.3. The van der Waals surface area contributed by atoms with Gasteiger partial charge in [0.15, 0.2) is 0 Å². The molecule has 1 heterocycles. The molecular weight excluding hydrogens is 384 g/mol. The van der Waals surface area contributed by atoms with Crippen molar-refractivity contribution in [3.8, 4) is 0 Å². The third kappa shape index (κ3) is 5.33. The Labute approximate surface area is 181 Å². The number of amides is 2. The van der Waals surface area contributed by atoms with Crippen molar-refractivity contribution in [2.24, 2.45) is 5.92 Å². The second-order valence-electron chi connectivity index (χ2n) is 9.01. The van der Waals surface area contributed by atoms with Gasteiger partial charge in [-0.3, -0.25) is 9.59 Å². The Morgan fingerprint density at radius 1 is 0.966 bits per heavy atom. The molecule has 5 heteroatoms. The SMILES string of the molecule is Cl.O=C(CCC1C(=O)N(CC2CCCCC2)c2ccccc21)NC1CCCCC1. The quantitative estimate of drug-likeness (QED) is 0.677. The Balaban J connectivity index is 0.00000240. The van der Waals surface area contributed by atoms with Gasteiger partial charge in [0.2, 0.25) is 11.8 Å². The molecule has 0 bridgehead atoms. The summed E-state index contributed by atoms with van der Waals surface area (Å²) < 4.78 is 0. The van der Waals surface area contributed by atoms with E-state index < -0.39 is 0 Å². The van der Waals surface area contributed by atoms with Gasteiger partial charge in [0.05, 0.1) is 5.92 Å². The first-order chi connectivity index (χ1) is 13.7. The summed E-state index contributed by atoms with van der Waals surface area (Å²) in [5.41, 5.74) is 2.20. The topological polar surface area (TPSA) is 49.4 Å². The van der Waals surface area contributed by atoms with E-state index in [2.05, 4.69) is 17.4 Å². The lowest BCUT2D eigenvalue weighted by atomic mass is 9.89. The van der Waals surface area contributed by atoms with Crippen LogP contribution in [0.4, 0.5) is 5.69 Å². The molecule has 2 aliphatic carbocycles. The van der Waals surface area contributed by atoms with E-state index >= 15 is 0 Å². The van der Waals surface area contributed by atoms with Crippen LogP contribution in [0.2, 0.25) is 0 Å². The molecular formula is C24H35ClN2O2. The zero-order valence-corrected chi connectivity index (χ0v) is 18.2. The van der Waals surface area contributed by atoms with Gasteiger partial charge in [-0.2, -0.15) is 0 Å². The number of hydrogen-bond donors (Lipinski definition) is 1. The summed E-state index contributed by atoms with van der Waals surface area (Å²) in [5.74, 6) is 0.788. The first-order valence-corrected chi connectivity index (χ1v) is 11.4. The van der Waals surface area contributed by atoms with Gasteiger partial charge in [-0.05, 0) is 49.7 Å². The molecule has 1 aliphatic heterocycles. The van der Waals surface area contributed by atoms with Crippen molar-refractivity contribution in [3.05, 3.63) is 29.8 Å². The molecule has 0 aromatic heterocycles. The fourth-order valence-corrected chi connectivity index (χ4v) is 5.39. The maximum absolute atomic E-state index is 13.2. The molecule has 29 heavy (non-hydrogen) atoms. The fraction of sp³-hybridized carbons (Fsp3) is 0.667. The van der Waals surface area contributed by atoms with Crippen LogP contribution in [-0.2, 0) is 9.59 Å². The fourth-order valence-electron chi connectivity index (χ4n) is 5.39. The monoisotopic (exact) mass is 418 g/mol. The normalized spacial score (nSPS) is 22.8. The number of rotatable bonds is 6. The summed E-state index contributed by atoms with van der Waals surface area (Å²) in [5, 5.41) is 3.19. The largest absolute Gasteiger partial charge is 0.353 e. The van der Waals surface area contributed by atoms with E-state index in [0.717, 1.165) is 30.6 Å². The second-order valence-corrected chi connectivity index (χ2v) is 9.01. The van der Waals surface area contributed by atoms with E-state index in [0.29, 0.717) is 24.8 Å². The highest BCUT2D eigenvalue weighted by Crippen LogP contribution is 2.41. The van der Waals surface area contributed by atoms with Gasteiger partial charge in [0, 0.05) is 24.7 Å². The van der Waals surface area contributed by atoms with E-state index in [-0.39, 0.29) is 30.1 Å². The average Bonchev–Trinajstić information content (AvgIpc) is 2.99. The Kier molecular flexibility index (Phi) is 7.99. The van der Waals surface area contributed by atoms with Crippen molar-refractivity contribution in [1.29, 1.82) is 0 Å². The van der Waals surface area contributed by atoms with Crippen molar-refractivity contribution in [1.82, 2.24) is 5.32 Å². The lowest BCUT2D eigenvalue weighted by Gasteiger charge is -2.27. The van der Waals surface area contributed by atoms with Gasteiger partial charge in [0.25, 0.3) is 0 Å². The maximum atomic E-state index is 13.2. The van der Waals surface area contributed by atoms with E-state index in [1.165, 1.54) is 51.4 Å². The number of anilines is 1. The third-order valence-corrected chi connectivity index (χ3v) is 6.96. The molecule has 4 rings (SSSR count). The van der Waals surface area contributed by atoms with Crippen molar-refractivity contribution < 1.29 is 9.59 Å². The predicted molar refractivity (Wildman–Crippen MR) is 120 cm³/mol. The highest BCUT2D eigenvalue weighted by Gasteiger charge is 2.38. The molecule has 160 valence electrons. The van der Waals surface area contributed by atoms with Crippen molar-refractivity contribution >= 4 is 29.9 Å². The maximum Gasteiger partial charge on any atom is 0.234 e. The number of hydrogen-bond acceptors (Lipinski definition) is 2. The van der Waals surface area contributed by atoms with Crippen LogP contribution in [0.1, 0.15) is 88.5 Å². The first kappa shape index (κ1) is 22.1. The lowest BCUT2D eigenvalue weighted by Crippen LogP contribution is -2.37. The molecule has 0 spiro atoms. The number of nitrogens with zero attached hydrogens (tertiary/aromatic N) is 1. The van der Waals surface area contributed by atoms with Gasteiger partial charge in [0.1, 0.15) is 0 Å². The van der Waals surface area contributed by atoms with Crippen molar-refractivity contribution in [2.75, 3.05) is 11.4 Å². The van der Waals surface area contributed by atoms with Crippen molar-refractivity contribution in [2.45, 2.75) is 89.0 Å². The molecule has 4 nitrogen and oxygen atoms in total. The zero-order valence-electron chi connectivity index (χ0n) is 17.4. The van der Waals surface area contributed by atoms with E-state index in [4.69, 9.17) is 0 Å². The summed E-state index contributed by atoms with van der Waals surface area (Å²) >= 11 is 0. The van der Waals surface area contributed by atoms with Crippen LogP contribution in [-0.4, -0.2) is 24.4 Å². The number of carbonyl (C=O) groups excluding carboxylic acids is 2. The Morgan fingerprint density at radius 2 is 1.62 bits per heavy atom. The number of para-hydroxylation sites is 1. The van der Waals surface area contributed by atoms with E-state index in [1.807, 2.05) is 17.0 Å². The number of halogens is 1.